The van der Waals surface area contributed by atoms with Gasteiger partial charge in [0.15, 0.2) is 17.3 Å². The number of phenols is 2. The Morgan fingerprint density at radius 1 is 0.971 bits per heavy atom. The lowest BCUT2D eigenvalue weighted by atomic mass is 9.69. The van der Waals surface area contributed by atoms with Crippen molar-refractivity contribution in [3.8, 4) is 11.5 Å². The van der Waals surface area contributed by atoms with Crippen LogP contribution in [0.15, 0.2) is 47.5 Å². The van der Waals surface area contributed by atoms with Gasteiger partial charge in [0.1, 0.15) is 18.0 Å². The molecule has 1 saturated heterocycles. The molecule has 5 rings (SSSR count). The number of Topliss-reactive ketones (excluding diaryl/α,β-unsaturated/α-hetero) is 2. The highest BCUT2D eigenvalue weighted by molar-refractivity contribution is 6.30. The first kappa shape index (κ1) is 22.6. The van der Waals surface area contributed by atoms with Crippen LogP contribution in [0.25, 0.3) is 0 Å². The maximum Gasteiger partial charge on any atom is 0.196 e. The number of carbonyl (C=O) groups excluding carboxylic acids is 2. The number of nitrogens with zero attached hydrogens (tertiary/aromatic N) is 1. The van der Waals surface area contributed by atoms with Gasteiger partial charge in [-0.3, -0.25) is 9.59 Å². The van der Waals surface area contributed by atoms with Crippen LogP contribution in [0.4, 0.5) is 5.69 Å². The Morgan fingerprint density at radius 3 is 2.26 bits per heavy atom. The normalized spacial score (nSPS) is 27.6. The van der Waals surface area contributed by atoms with E-state index in [1.807, 2.05) is 23.1 Å². The molecule has 8 heteroatoms. The highest BCUT2D eigenvalue weighted by Crippen LogP contribution is 2.48. The van der Waals surface area contributed by atoms with Gasteiger partial charge in [-0.2, -0.15) is 0 Å². The molecule has 3 atom stereocenters. The molecular weight excluding hydrogens is 438 g/mol. The first-order chi connectivity index (χ1) is 16.1. The van der Waals surface area contributed by atoms with Crippen LogP contribution in [0.1, 0.15) is 58.4 Å². The van der Waals surface area contributed by atoms with Gasteiger partial charge in [0, 0.05) is 36.7 Å². The fourth-order valence-electron chi connectivity index (χ4n) is 5.51. The number of fused-ring (bicyclic) bond motifs is 1. The SMILES string of the molecule is C[C@]1(O)CC2=C(C(=O)c3c(O)cc(N4CCC(c5ccccc5)CC4)c(O)c3C2=O)[C@H](O)[C@H]1O. The van der Waals surface area contributed by atoms with Crippen molar-refractivity contribution in [2.24, 2.45) is 0 Å². The predicted octanol–water partition coefficient (Wildman–Crippen LogP) is 2.03. The summed E-state index contributed by atoms with van der Waals surface area (Å²) in [7, 11) is 0. The van der Waals surface area contributed by atoms with Gasteiger partial charge in [0.25, 0.3) is 0 Å². The van der Waals surface area contributed by atoms with Crippen LogP contribution in [-0.2, 0) is 0 Å². The number of carbonyl (C=O) groups is 2. The molecule has 0 aromatic heterocycles. The zero-order valence-corrected chi connectivity index (χ0v) is 18.7. The molecule has 0 saturated carbocycles. The monoisotopic (exact) mass is 465 g/mol. The van der Waals surface area contributed by atoms with Crippen molar-refractivity contribution >= 4 is 17.3 Å². The van der Waals surface area contributed by atoms with Crippen LogP contribution < -0.4 is 4.90 Å². The molecule has 1 aliphatic heterocycles. The molecule has 1 heterocycles. The first-order valence-corrected chi connectivity index (χ1v) is 11.4. The van der Waals surface area contributed by atoms with E-state index < -0.39 is 46.4 Å². The molecule has 2 aromatic carbocycles. The Morgan fingerprint density at radius 2 is 1.62 bits per heavy atom. The topological polar surface area (TPSA) is 139 Å². The lowest BCUT2D eigenvalue weighted by Gasteiger charge is -2.41. The van der Waals surface area contributed by atoms with Crippen molar-refractivity contribution in [1.82, 2.24) is 0 Å². The fraction of sp³-hybridized carbons (Fsp3) is 0.385. The second-order valence-corrected chi connectivity index (χ2v) is 9.66. The molecular formula is C26H27NO7. The molecule has 0 bridgehead atoms. The highest BCUT2D eigenvalue weighted by atomic mass is 16.4. The Hall–Kier alpha value is -3.20. The van der Waals surface area contributed by atoms with Crippen molar-refractivity contribution in [2.75, 3.05) is 18.0 Å². The summed E-state index contributed by atoms with van der Waals surface area (Å²) in [4.78, 5) is 28.4. The van der Waals surface area contributed by atoms with E-state index in [0.717, 1.165) is 12.8 Å². The van der Waals surface area contributed by atoms with Crippen LogP contribution in [0.3, 0.4) is 0 Å². The van der Waals surface area contributed by atoms with Gasteiger partial charge in [0.05, 0.1) is 22.4 Å². The van der Waals surface area contributed by atoms with Crippen LogP contribution in [0.2, 0.25) is 0 Å². The summed E-state index contributed by atoms with van der Waals surface area (Å²) in [6.07, 6.45) is -2.20. The minimum atomic E-state index is -1.83. The van der Waals surface area contributed by atoms with Gasteiger partial charge < -0.3 is 30.4 Å². The molecule has 3 aliphatic rings. The van der Waals surface area contributed by atoms with Crippen LogP contribution in [0.5, 0.6) is 11.5 Å². The first-order valence-electron chi connectivity index (χ1n) is 11.4. The number of piperidine rings is 1. The number of rotatable bonds is 2. The van der Waals surface area contributed by atoms with E-state index in [2.05, 4.69) is 12.1 Å². The Labute approximate surface area is 196 Å². The Balaban J connectivity index is 1.50. The van der Waals surface area contributed by atoms with E-state index in [1.54, 1.807) is 0 Å². The lowest BCUT2D eigenvalue weighted by Crippen LogP contribution is -2.54. The molecule has 8 nitrogen and oxygen atoms in total. The molecule has 0 spiro atoms. The third kappa shape index (κ3) is 3.33. The van der Waals surface area contributed by atoms with E-state index in [0.29, 0.717) is 19.0 Å². The number of benzene rings is 2. The number of phenolic OH excluding ortho intramolecular Hbond substituents is 2. The third-order valence-corrected chi connectivity index (χ3v) is 7.43. The number of hydrogen-bond donors (Lipinski definition) is 5. The van der Waals surface area contributed by atoms with Gasteiger partial charge in [-0.1, -0.05) is 30.3 Å². The summed E-state index contributed by atoms with van der Waals surface area (Å²) in [5.41, 5.74) is -1.56. The summed E-state index contributed by atoms with van der Waals surface area (Å²) >= 11 is 0. The molecule has 0 amide bonds. The third-order valence-electron chi connectivity index (χ3n) is 7.43. The van der Waals surface area contributed by atoms with E-state index in [4.69, 9.17) is 0 Å². The standard InChI is InChI=1S/C26H27NO7/c1-26(34)12-15-18(24(32)25(26)33)23(31)19-17(28)11-16(22(30)20(19)21(15)29)27-9-7-14(8-10-27)13-5-3-2-4-6-13/h2-6,11,14,24-25,28,30,32-34H,7-10,12H2,1H3/t24-,25+,26-/m0/s1. The molecule has 2 aromatic rings. The zero-order valence-electron chi connectivity index (χ0n) is 18.7. The summed E-state index contributed by atoms with van der Waals surface area (Å²) in [5.74, 6) is -2.11. The van der Waals surface area contributed by atoms with E-state index in [-0.39, 0.29) is 28.8 Å². The van der Waals surface area contributed by atoms with Gasteiger partial charge in [-0.05, 0) is 31.2 Å². The minimum Gasteiger partial charge on any atom is -0.507 e. The van der Waals surface area contributed by atoms with E-state index in [9.17, 15) is 35.1 Å². The number of aliphatic hydroxyl groups excluding tert-OH is 2. The summed E-state index contributed by atoms with van der Waals surface area (Å²) < 4.78 is 0. The van der Waals surface area contributed by atoms with Crippen molar-refractivity contribution in [3.05, 3.63) is 64.2 Å². The number of anilines is 1. The molecule has 5 N–H and O–H groups in total. The Bertz CT molecular complexity index is 1210. The quantitative estimate of drug-likeness (QED) is 0.425. The maximum atomic E-state index is 13.4. The zero-order chi connectivity index (χ0) is 24.4. The second kappa shape index (κ2) is 7.94. The predicted molar refractivity (Wildman–Crippen MR) is 123 cm³/mol. The average molecular weight is 466 g/mol. The number of ketones is 2. The van der Waals surface area contributed by atoms with Crippen molar-refractivity contribution < 1.29 is 35.1 Å². The smallest absolute Gasteiger partial charge is 0.196 e. The van der Waals surface area contributed by atoms with Crippen LogP contribution >= 0.6 is 0 Å². The molecule has 0 radical (unpaired) electrons. The van der Waals surface area contributed by atoms with Crippen molar-refractivity contribution in [3.63, 3.8) is 0 Å². The largest absolute Gasteiger partial charge is 0.507 e. The molecule has 2 aliphatic carbocycles. The molecule has 1 fully saturated rings. The van der Waals surface area contributed by atoms with Gasteiger partial charge >= 0.3 is 0 Å². The average Bonchev–Trinajstić information content (AvgIpc) is 2.82. The van der Waals surface area contributed by atoms with E-state index >= 15 is 0 Å². The fourth-order valence-corrected chi connectivity index (χ4v) is 5.51. The summed E-state index contributed by atoms with van der Waals surface area (Å²) in [6.45, 7) is 2.44. The Kier molecular flexibility index (Phi) is 5.27. The molecule has 0 unspecified atom stereocenters. The molecule has 34 heavy (non-hydrogen) atoms. The number of hydrogen-bond acceptors (Lipinski definition) is 8. The maximum absolute atomic E-state index is 13.4. The number of aromatic hydroxyl groups is 2. The lowest BCUT2D eigenvalue weighted by molar-refractivity contribution is -0.111. The van der Waals surface area contributed by atoms with Gasteiger partial charge in [-0.15, -0.1) is 0 Å². The second-order valence-electron chi connectivity index (χ2n) is 9.66. The minimum absolute atomic E-state index is 0.157. The van der Waals surface area contributed by atoms with Crippen LogP contribution in [-0.4, -0.2) is 68.0 Å². The van der Waals surface area contributed by atoms with Gasteiger partial charge in [0.2, 0.25) is 0 Å². The summed E-state index contributed by atoms with van der Waals surface area (Å²) in [6, 6.07) is 11.4. The van der Waals surface area contributed by atoms with Gasteiger partial charge in [-0.25, -0.2) is 0 Å². The van der Waals surface area contributed by atoms with Crippen LogP contribution in [0, 0.1) is 0 Å². The highest BCUT2D eigenvalue weighted by Gasteiger charge is 2.51. The van der Waals surface area contributed by atoms with E-state index in [1.165, 1.54) is 18.6 Å². The molecule has 178 valence electrons. The number of aliphatic hydroxyl groups is 3. The summed E-state index contributed by atoms with van der Waals surface area (Å²) in [5, 5.41) is 53.0. The van der Waals surface area contributed by atoms with Crippen molar-refractivity contribution in [2.45, 2.75) is 49.9 Å². The van der Waals surface area contributed by atoms with Crippen molar-refractivity contribution in [1.29, 1.82) is 0 Å².